The molecule has 0 aliphatic rings. The van der Waals surface area contributed by atoms with Gasteiger partial charge in [0.25, 0.3) is 0 Å². The molecule has 2 heterocycles. The van der Waals surface area contributed by atoms with Crippen molar-refractivity contribution in [3.8, 4) is 0 Å². The number of anilines is 1. The molecule has 0 aliphatic heterocycles. The summed E-state index contributed by atoms with van der Waals surface area (Å²) in [6.45, 7) is 1.87. The molecule has 7 heteroatoms. The summed E-state index contributed by atoms with van der Waals surface area (Å²) in [5.41, 5.74) is 0. The summed E-state index contributed by atoms with van der Waals surface area (Å²) < 4.78 is 1.85. The van der Waals surface area contributed by atoms with E-state index in [0.29, 0.717) is 5.82 Å². The normalized spacial score (nSPS) is 10.3. The lowest BCUT2D eigenvalue weighted by molar-refractivity contribution is -0.113. The van der Waals surface area contributed by atoms with Gasteiger partial charge in [0, 0.05) is 13.2 Å². The van der Waals surface area contributed by atoms with E-state index in [1.165, 1.54) is 11.8 Å². The van der Waals surface area contributed by atoms with Crippen LogP contribution in [0.25, 0.3) is 0 Å². The van der Waals surface area contributed by atoms with Crippen molar-refractivity contribution in [3.05, 3.63) is 30.2 Å². The first kappa shape index (κ1) is 12.6. The predicted molar refractivity (Wildman–Crippen MR) is 69.3 cm³/mol. The topological polar surface area (TPSA) is 72.7 Å². The fourth-order valence-electron chi connectivity index (χ4n) is 1.26. The summed E-state index contributed by atoms with van der Waals surface area (Å²) in [5, 5.41) is 11.3. The molecule has 0 spiro atoms. The average Bonchev–Trinajstić information content (AvgIpc) is 2.69. The molecule has 0 aliphatic carbocycles. The number of amides is 1. The zero-order chi connectivity index (χ0) is 13.0. The number of pyridine rings is 1. The number of aryl methyl sites for hydroxylation is 1. The molecule has 2 aromatic rings. The molecule has 0 saturated carbocycles. The Hall–Kier alpha value is -1.89. The number of thioether (sulfide) groups is 1. The second-order valence-corrected chi connectivity index (χ2v) is 4.58. The van der Waals surface area contributed by atoms with Gasteiger partial charge in [0.15, 0.2) is 5.16 Å². The number of nitrogens with zero attached hydrogens (tertiary/aromatic N) is 4. The highest BCUT2D eigenvalue weighted by molar-refractivity contribution is 7.99. The molecule has 1 N–H and O–H groups in total. The molecular weight excluding hydrogens is 250 g/mol. The molecule has 6 nitrogen and oxygen atoms in total. The molecule has 0 saturated heterocycles. The van der Waals surface area contributed by atoms with Crippen LogP contribution in [-0.2, 0) is 11.8 Å². The summed E-state index contributed by atoms with van der Waals surface area (Å²) in [5.74, 6) is 1.54. The minimum absolute atomic E-state index is 0.112. The van der Waals surface area contributed by atoms with Crippen molar-refractivity contribution in [2.24, 2.45) is 7.05 Å². The third-order valence-corrected chi connectivity index (χ3v) is 3.34. The van der Waals surface area contributed by atoms with Crippen LogP contribution in [-0.4, -0.2) is 31.4 Å². The zero-order valence-electron chi connectivity index (χ0n) is 10.1. The largest absolute Gasteiger partial charge is 0.310 e. The van der Waals surface area contributed by atoms with E-state index in [2.05, 4.69) is 20.5 Å². The number of carbonyl (C=O) groups excluding carboxylic acids is 1. The Balaban J connectivity index is 1.87. The van der Waals surface area contributed by atoms with Gasteiger partial charge in [-0.15, -0.1) is 10.2 Å². The molecule has 1 amide bonds. The first-order valence-electron chi connectivity index (χ1n) is 5.36. The third kappa shape index (κ3) is 3.07. The fraction of sp³-hybridized carbons (Fsp3) is 0.273. The minimum Gasteiger partial charge on any atom is -0.310 e. The Bertz CT molecular complexity index is 540. The molecular formula is C11H13N5OS. The summed E-state index contributed by atoms with van der Waals surface area (Å²) in [4.78, 5) is 15.7. The van der Waals surface area contributed by atoms with E-state index < -0.39 is 0 Å². The van der Waals surface area contributed by atoms with Crippen molar-refractivity contribution < 1.29 is 4.79 Å². The van der Waals surface area contributed by atoms with E-state index in [1.54, 1.807) is 18.3 Å². The van der Waals surface area contributed by atoms with Gasteiger partial charge in [-0.1, -0.05) is 17.8 Å². The van der Waals surface area contributed by atoms with Crippen molar-refractivity contribution in [2.75, 3.05) is 11.1 Å². The molecule has 2 aromatic heterocycles. The lowest BCUT2D eigenvalue weighted by atomic mass is 10.4. The highest BCUT2D eigenvalue weighted by atomic mass is 32.2. The Kier molecular flexibility index (Phi) is 3.93. The lowest BCUT2D eigenvalue weighted by Gasteiger charge is -2.03. The highest BCUT2D eigenvalue weighted by Gasteiger charge is 2.09. The van der Waals surface area contributed by atoms with Crippen molar-refractivity contribution in [3.63, 3.8) is 0 Å². The number of carbonyl (C=O) groups is 1. The van der Waals surface area contributed by atoms with E-state index in [4.69, 9.17) is 0 Å². The minimum atomic E-state index is -0.112. The first-order valence-corrected chi connectivity index (χ1v) is 6.35. The van der Waals surface area contributed by atoms with Crippen LogP contribution < -0.4 is 5.32 Å². The monoisotopic (exact) mass is 263 g/mol. The maximum atomic E-state index is 11.7. The van der Waals surface area contributed by atoms with Gasteiger partial charge in [-0.3, -0.25) is 4.79 Å². The zero-order valence-corrected chi connectivity index (χ0v) is 10.9. The molecule has 0 unspecified atom stereocenters. The number of nitrogens with one attached hydrogen (secondary N) is 1. The van der Waals surface area contributed by atoms with Gasteiger partial charge in [0.1, 0.15) is 11.6 Å². The molecule has 0 aromatic carbocycles. The lowest BCUT2D eigenvalue weighted by Crippen LogP contribution is -2.15. The Morgan fingerprint density at radius 2 is 2.28 bits per heavy atom. The fourth-order valence-corrected chi connectivity index (χ4v) is 2.02. The van der Waals surface area contributed by atoms with E-state index in [-0.39, 0.29) is 11.7 Å². The Labute approximate surface area is 109 Å². The van der Waals surface area contributed by atoms with Gasteiger partial charge in [-0.25, -0.2) is 4.98 Å². The molecule has 0 atom stereocenters. The highest BCUT2D eigenvalue weighted by Crippen LogP contribution is 2.15. The van der Waals surface area contributed by atoms with Crippen LogP contribution >= 0.6 is 11.8 Å². The molecule has 18 heavy (non-hydrogen) atoms. The first-order chi connectivity index (χ1) is 8.66. The number of rotatable bonds is 4. The van der Waals surface area contributed by atoms with Crippen LogP contribution in [0.3, 0.4) is 0 Å². The standard InChI is InChI=1S/C11H13N5OS/c1-8-14-15-11(16(8)2)18-7-10(17)13-9-5-3-4-6-12-9/h3-6H,7H2,1-2H3,(H,12,13,17). The van der Waals surface area contributed by atoms with E-state index in [1.807, 2.05) is 24.6 Å². The molecule has 0 bridgehead atoms. The number of hydrogen-bond donors (Lipinski definition) is 1. The van der Waals surface area contributed by atoms with Crippen molar-refractivity contribution in [1.82, 2.24) is 19.7 Å². The van der Waals surface area contributed by atoms with Crippen LogP contribution in [0.2, 0.25) is 0 Å². The molecule has 0 fully saturated rings. The summed E-state index contributed by atoms with van der Waals surface area (Å²) in [6.07, 6.45) is 1.63. The Morgan fingerprint density at radius 1 is 1.44 bits per heavy atom. The Morgan fingerprint density at radius 3 is 2.89 bits per heavy atom. The molecule has 94 valence electrons. The van der Waals surface area contributed by atoms with Crippen LogP contribution in [0.4, 0.5) is 5.82 Å². The third-order valence-electron chi connectivity index (χ3n) is 2.32. The van der Waals surface area contributed by atoms with Crippen LogP contribution in [0.1, 0.15) is 5.82 Å². The molecule has 2 rings (SSSR count). The maximum Gasteiger partial charge on any atom is 0.236 e. The second kappa shape index (κ2) is 5.63. The number of hydrogen-bond acceptors (Lipinski definition) is 5. The van der Waals surface area contributed by atoms with Crippen LogP contribution in [0.15, 0.2) is 29.6 Å². The van der Waals surface area contributed by atoms with E-state index in [9.17, 15) is 4.79 Å². The van der Waals surface area contributed by atoms with Gasteiger partial charge in [-0.05, 0) is 19.1 Å². The smallest absolute Gasteiger partial charge is 0.236 e. The summed E-state index contributed by atoms with van der Waals surface area (Å²) >= 11 is 1.34. The quantitative estimate of drug-likeness (QED) is 0.840. The second-order valence-electron chi connectivity index (χ2n) is 3.64. The molecule has 0 radical (unpaired) electrons. The average molecular weight is 263 g/mol. The van der Waals surface area contributed by atoms with Crippen molar-refractivity contribution in [1.29, 1.82) is 0 Å². The predicted octanol–water partition coefficient (Wildman–Crippen LogP) is 1.25. The van der Waals surface area contributed by atoms with Crippen LogP contribution in [0, 0.1) is 6.92 Å². The van der Waals surface area contributed by atoms with E-state index in [0.717, 1.165) is 11.0 Å². The van der Waals surface area contributed by atoms with Gasteiger partial charge in [0.05, 0.1) is 5.75 Å². The maximum absolute atomic E-state index is 11.7. The van der Waals surface area contributed by atoms with E-state index >= 15 is 0 Å². The van der Waals surface area contributed by atoms with Gasteiger partial charge in [0.2, 0.25) is 5.91 Å². The SMILES string of the molecule is Cc1nnc(SCC(=O)Nc2ccccn2)n1C. The van der Waals surface area contributed by atoms with Crippen molar-refractivity contribution >= 4 is 23.5 Å². The van der Waals surface area contributed by atoms with Crippen molar-refractivity contribution in [2.45, 2.75) is 12.1 Å². The number of aromatic nitrogens is 4. The van der Waals surface area contributed by atoms with Crippen LogP contribution in [0.5, 0.6) is 0 Å². The van der Waals surface area contributed by atoms with Gasteiger partial charge in [-0.2, -0.15) is 0 Å². The summed E-state index contributed by atoms with van der Waals surface area (Å²) in [6, 6.07) is 5.36. The summed E-state index contributed by atoms with van der Waals surface area (Å²) in [7, 11) is 1.87. The van der Waals surface area contributed by atoms with Gasteiger partial charge < -0.3 is 9.88 Å². The van der Waals surface area contributed by atoms with Gasteiger partial charge >= 0.3 is 0 Å².